The molecule has 3 N–H and O–H groups in total. The molecule has 0 saturated carbocycles. The van der Waals surface area contributed by atoms with Gasteiger partial charge in [0.1, 0.15) is 11.9 Å². The van der Waals surface area contributed by atoms with E-state index >= 15 is 0 Å². The second-order valence-corrected chi connectivity index (χ2v) is 11.3. The Labute approximate surface area is 215 Å². The van der Waals surface area contributed by atoms with E-state index in [9.17, 15) is 23.9 Å². The highest BCUT2D eigenvalue weighted by molar-refractivity contribution is 9.11. The molecule has 1 atom stereocenters. The number of carbonyl (C=O) groups excluding carboxylic acids is 2. The van der Waals surface area contributed by atoms with E-state index in [2.05, 4.69) is 15.9 Å². The molecule has 0 bridgehead atoms. The molecule has 0 aliphatic carbocycles. The van der Waals surface area contributed by atoms with E-state index in [1.165, 1.54) is 17.0 Å². The number of carboxylic acid groups (broad SMARTS) is 1. The zero-order valence-electron chi connectivity index (χ0n) is 19.3. The van der Waals surface area contributed by atoms with Crippen LogP contribution in [0.5, 0.6) is 0 Å². The third kappa shape index (κ3) is 6.76. The van der Waals surface area contributed by atoms with Crippen molar-refractivity contribution in [3.8, 4) is 10.4 Å². The van der Waals surface area contributed by atoms with E-state index in [4.69, 9.17) is 5.73 Å². The number of nitrogens with two attached hydrogens (primary N) is 1. The van der Waals surface area contributed by atoms with Crippen LogP contribution in [0.15, 0.2) is 64.5 Å². The smallest absolute Gasteiger partial charge is 0.303 e. The van der Waals surface area contributed by atoms with Gasteiger partial charge in [0.25, 0.3) is 5.91 Å². The van der Waals surface area contributed by atoms with Gasteiger partial charge in [-0.05, 0) is 90.1 Å². The average Bonchev–Trinajstić information content (AvgIpc) is 3.23. The first-order valence-electron chi connectivity index (χ1n) is 10.9. The lowest BCUT2D eigenvalue weighted by atomic mass is 9.89. The van der Waals surface area contributed by atoms with Crippen molar-refractivity contribution in [2.24, 2.45) is 5.73 Å². The van der Waals surface area contributed by atoms with E-state index in [-0.39, 0.29) is 18.7 Å². The lowest BCUT2D eigenvalue weighted by molar-refractivity contribution is -0.137. The monoisotopic (exact) mass is 560 g/mol. The molecular formula is C26H26BrFN2O4S. The first-order chi connectivity index (χ1) is 16.5. The van der Waals surface area contributed by atoms with Crippen LogP contribution in [-0.2, 0) is 16.0 Å². The van der Waals surface area contributed by atoms with Crippen LogP contribution in [0.3, 0.4) is 0 Å². The van der Waals surface area contributed by atoms with Gasteiger partial charge in [-0.15, -0.1) is 11.3 Å². The van der Waals surface area contributed by atoms with Crippen molar-refractivity contribution in [1.29, 1.82) is 0 Å². The highest BCUT2D eigenvalue weighted by Crippen LogP contribution is 2.32. The number of carboxylic acids is 1. The molecule has 1 aromatic heterocycles. The molecule has 0 aliphatic rings. The second-order valence-electron chi connectivity index (χ2n) is 8.82. The summed E-state index contributed by atoms with van der Waals surface area (Å²) in [7, 11) is 0. The fourth-order valence-corrected chi connectivity index (χ4v) is 5.46. The zero-order valence-corrected chi connectivity index (χ0v) is 21.7. The van der Waals surface area contributed by atoms with Gasteiger partial charge in [-0.2, -0.15) is 0 Å². The zero-order chi connectivity index (χ0) is 25.8. The number of thiophene rings is 1. The standard InChI is InChI=1S/C26H26BrFN2O4S/c1-26(2,15-16-3-9-19(28)10-4-16)30(20(24(29)33)11-14-23(31)32)25(34)18-7-5-17(6-8-18)21-12-13-22(27)35-21/h3-10,12-13,20H,11,14-15H2,1-2H3,(H2,29,33)(H,31,32)/t20-/m0/s1. The maximum atomic E-state index is 13.8. The highest BCUT2D eigenvalue weighted by Gasteiger charge is 2.39. The summed E-state index contributed by atoms with van der Waals surface area (Å²) in [5, 5.41) is 9.19. The van der Waals surface area contributed by atoms with E-state index in [0.717, 1.165) is 19.8 Å². The minimum absolute atomic E-state index is 0.120. The number of hydrogen-bond donors (Lipinski definition) is 2. The highest BCUT2D eigenvalue weighted by atomic mass is 79.9. The van der Waals surface area contributed by atoms with Crippen molar-refractivity contribution in [3.05, 3.63) is 81.4 Å². The molecule has 0 unspecified atom stereocenters. The molecule has 2 amide bonds. The molecule has 0 radical (unpaired) electrons. The topological polar surface area (TPSA) is 101 Å². The van der Waals surface area contributed by atoms with Gasteiger partial charge in [0, 0.05) is 22.4 Å². The number of primary amides is 1. The van der Waals surface area contributed by atoms with Gasteiger partial charge in [0.15, 0.2) is 0 Å². The number of rotatable bonds is 10. The van der Waals surface area contributed by atoms with Crippen molar-refractivity contribution in [3.63, 3.8) is 0 Å². The van der Waals surface area contributed by atoms with Crippen LogP contribution in [0.1, 0.15) is 42.6 Å². The summed E-state index contributed by atoms with van der Waals surface area (Å²) in [6.45, 7) is 3.56. The van der Waals surface area contributed by atoms with Gasteiger partial charge in [0.05, 0.1) is 3.79 Å². The quantitative estimate of drug-likeness (QED) is 0.342. The Morgan fingerprint density at radius 3 is 2.20 bits per heavy atom. The van der Waals surface area contributed by atoms with Crippen LogP contribution in [0.2, 0.25) is 0 Å². The molecular weight excluding hydrogens is 535 g/mol. The van der Waals surface area contributed by atoms with E-state index in [0.29, 0.717) is 12.0 Å². The number of carbonyl (C=O) groups is 3. The second kappa shape index (κ2) is 11.1. The van der Waals surface area contributed by atoms with Crippen molar-refractivity contribution < 1.29 is 23.9 Å². The van der Waals surface area contributed by atoms with Gasteiger partial charge >= 0.3 is 5.97 Å². The summed E-state index contributed by atoms with van der Waals surface area (Å²) in [6.07, 6.45) is -0.141. The number of halogens is 2. The third-order valence-electron chi connectivity index (χ3n) is 5.68. The fraction of sp³-hybridized carbons (Fsp3) is 0.269. The Hall–Kier alpha value is -3.04. The van der Waals surface area contributed by atoms with Crippen LogP contribution in [0.25, 0.3) is 10.4 Å². The number of hydrogen-bond acceptors (Lipinski definition) is 4. The van der Waals surface area contributed by atoms with Crippen LogP contribution in [-0.4, -0.2) is 39.4 Å². The third-order valence-corrected chi connectivity index (χ3v) is 7.35. The van der Waals surface area contributed by atoms with E-state index in [1.54, 1.807) is 49.4 Å². The minimum atomic E-state index is -1.14. The normalized spacial score (nSPS) is 12.2. The molecule has 9 heteroatoms. The molecule has 0 aliphatic heterocycles. The number of amides is 2. The van der Waals surface area contributed by atoms with Crippen molar-refractivity contribution >= 4 is 45.1 Å². The summed E-state index contributed by atoms with van der Waals surface area (Å²) < 4.78 is 14.4. The molecule has 2 aromatic carbocycles. The van der Waals surface area contributed by atoms with Crippen LogP contribution in [0, 0.1) is 5.82 Å². The van der Waals surface area contributed by atoms with Crippen molar-refractivity contribution in [1.82, 2.24) is 4.90 Å². The maximum absolute atomic E-state index is 13.8. The van der Waals surface area contributed by atoms with Crippen LogP contribution < -0.4 is 5.73 Å². The van der Waals surface area contributed by atoms with E-state index in [1.807, 2.05) is 24.3 Å². The van der Waals surface area contributed by atoms with Gasteiger partial charge in [-0.1, -0.05) is 24.3 Å². The fourth-order valence-electron chi connectivity index (χ4n) is 4.07. The molecule has 0 saturated heterocycles. The summed E-state index contributed by atoms with van der Waals surface area (Å²) >= 11 is 5.01. The molecule has 0 spiro atoms. The Morgan fingerprint density at radius 2 is 1.69 bits per heavy atom. The van der Waals surface area contributed by atoms with Gasteiger partial charge < -0.3 is 15.7 Å². The molecule has 6 nitrogen and oxygen atoms in total. The maximum Gasteiger partial charge on any atom is 0.303 e. The number of benzene rings is 2. The Morgan fingerprint density at radius 1 is 1.06 bits per heavy atom. The molecule has 1 heterocycles. The molecule has 184 valence electrons. The summed E-state index contributed by atoms with van der Waals surface area (Å²) in [5.41, 5.74) is 6.77. The van der Waals surface area contributed by atoms with Crippen molar-refractivity contribution in [2.45, 2.75) is 44.7 Å². The summed E-state index contributed by atoms with van der Waals surface area (Å²) in [6, 6.07) is 15.7. The van der Waals surface area contributed by atoms with Gasteiger partial charge in [0.2, 0.25) is 5.91 Å². The van der Waals surface area contributed by atoms with Crippen LogP contribution >= 0.6 is 27.3 Å². The SMILES string of the molecule is CC(C)(Cc1ccc(F)cc1)N(C(=O)c1ccc(-c2ccc(Br)s2)cc1)[C@@H](CCC(=O)O)C(N)=O. The Balaban J connectivity index is 1.98. The van der Waals surface area contributed by atoms with Gasteiger partial charge in [-0.3, -0.25) is 14.4 Å². The molecule has 3 rings (SSSR count). The predicted octanol–water partition coefficient (Wildman–Crippen LogP) is 5.50. The summed E-state index contributed by atoms with van der Waals surface area (Å²) in [4.78, 5) is 39.9. The Bertz CT molecular complexity index is 1210. The van der Waals surface area contributed by atoms with E-state index < -0.39 is 29.4 Å². The van der Waals surface area contributed by atoms with Crippen LogP contribution in [0.4, 0.5) is 4.39 Å². The first kappa shape index (κ1) is 26.6. The molecule has 3 aromatic rings. The molecule has 35 heavy (non-hydrogen) atoms. The predicted molar refractivity (Wildman–Crippen MR) is 138 cm³/mol. The average molecular weight is 561 g/mol. The number of aliphatic carboxylic acids is 1. The van der Waals surface area contributed by atoms with Gasteiger partial charge in [-0.25, -0.2) is 4.39 Å². The largest absolute Gasteiger partial charge is 0.481 e. The minimum Gasteiger partial charge on any atom is -0.481 e. The lowest BCUT2D eigenvalue weighted by Gasteiger charge is -2.43. The number of nitrogens with zero attached hydrogens (tertiary/aromatic N) is 1. The van der Waals surface area contributed by atoms with Crippen molar-refractivity contribution in [2.75, 3.05) is 0 Å². The lowest BCUT2D eigenvalue weighted by Crippen LogP contribution is -2.58. The molecule has 0 fully saturated rings. The Kier molecular flexibility index (Phi) is 8.45. The first-order valence-corrected chi connectivity index (χ1v) is 12.5. The summed E-state index contributed by atoms with van der Waals surface area (Å²) in [5.74, 6) is -2.70.